The van der Waals surface area contributed by atoms with Crippen LogP contribution in [0.15, 0.2) is 35.1 Å². The average molecular weight is 399 g/mol. The van der Waals surface area contributed by atoms with Crippen molar-refractivity contribution in [3.63, 3.8) is 0 Å². The molecule has 2 aliphatic rings. The lowest BCUT2D eigenvalue weighted by Gasteiger charge is -2.25. The van der Waals surface area contributed by atoms with E-state index in [1.807, 2.05) is 23.1 Å². The van der Waals surface area contributed by atoms with Gasteiger partial charge in [0.1, 0.15) is 5.69 Å². The first-order chi connectivity index (χ1) is 14.2. The molecule has 1 aromatic carbocycles. The molecule has 2 aromatic rings. The van der Waals surface area contributed by atoms with Crippen molar-refractivity contribution < 1.29 is 19.0 Å². The molecule has 8 heteroatoms. The number of fused-ring (bicyclic) bond motifs is 1. The van der Waals surface area contributed by atoms with Gasteiger partial charge in [-0.2, -0.15) is 5.10 Å². The number of likely N-dealkylation sites (tertiary alicyclic amines) is 1. The number of hydrogen-bond acceptors (Lipinski definition) is 6. The van der Waals surface area contributed by atoms with Crippen LogP contribution < -0.4 is 15.0 Å². The zero-order valence-electron chi connectivity index (χ0n) is 16.5. The zero-order valence-corrected chi connectivity index (χ0v) is 16.5. The molecule has 0 N–H and O–H groups in total. The summed E-state index contributed by atoms with van der Waals surface area (Å²) in [6.07, 6.45) is 2.63. The summed E-state index contributed by atoms with van der Waals surface area (Å²) in [5, 5.41) is 4.25. The molecule has 1 atom stereocenters. The molecule has 0 bridgehead atoms. The third-order valence-electron chi connectivity index (χ3n) is 5.26. The normalized spacial score (nSPS) is 18.5. The van der Waals surface area contributed by atoms with Crippen LogP contribution in [0.1, 0.15) is 41.4 Å². The summed E-state index contributed by atoms with van der Waals surface area (Å²) in [6.45, 7) is 2.58. The Morgan fingerprint density at radius 3 is 2.83 bits per heavy atom. The summed E-state index contributed by atoms with van der Waals surface area (Å²) >= 11 is 0. The van der Waals surface area contributed by atoms with Gasteiger partial charge in [0.15, 0.2) is 11.5 Å². The summed E-state index contributed by atoms with van der Waals surface area (Å²) in [5.41, 5.74) is 1.04. The summed E-state index contributed by atoms with van der Waals surface area (Å²) in [5.74, 6) is 1.30. The SMILES string of the molecule is COCCn1nc(C(=O)N2CCC[C@H]2c2ccc3c(c2)OCCCO3)ccc1=O. The van der Waals surface area contributed by atoms with E-state index in [-0.39, 0.29) is 23.2 Å². The van der Waals surface area contributed by atoms with Gasteiger partial charge >= 0.3 is 0 Å². The number of nitrogens with zero attached hydrogens (tertiary/aromatic N) is 3. The second-order valence-corrected chi connectivity index (χ2v) is 7.19. The monoisotopic (exact) mass is 399 g/mol. The Balaban J connectivity index is 1.58. The summed E-state index contributed by atoms with van der Waals surface area (Å²) in [7, 11) is 1.56. The zero-order chi connectivity index (χ0) is 20.2. The minimum Gasteiger partial charge on any atom is -0.490 e. The molecule has 1 aromatic heterocycles. The van der Waals surface area contributed by atoms with E-state index in [4.69, 9.17) is 14.2 Å². The molecule has 1 fully saturated rings. The van der Waals surface area contributed by atoms with Crippen molar-refractivity contribution in [1.82, 2.24) is 14.7 Å². The van der Waals surface area contributed by atoms with Crippen LogP contribution >= 0.6 is 0 Å². The molecule has 4 rings (SSSR count). The fraction of sp³-hybridized carbons (Fsp3) is 0.476. The Hall–Kier alpha value is -2.87. The first kappa shape index (κ1) is 19.4. The van der Waals surface area contributed by atoms with Crippen LogP contribution in [0, 0.1) is 0 Å². The smallest absolute Gasteiger partial charge is 0.274 e. The van der Waals surface area contributed by atoms with Crippen LogP contribution in [0.25, 0.3) is 0 Å². The largest absolute Gasteiger partial charge is 0.490 e. The minimum atomic E-state index is -0.250. The second kappa shape index (κ2) is 8.65. The molecule has 0 radical (unpaired) electrons. The van der Waals surface area contributed by atoms with Gasteiger partial charge in [0.05, 0.1) is 32.4 Å². The van der Waals surface area contributed by atoms with Crippen LogP contribution in [0.3, 0.4) is 0 Å². The van der Waals surface area contributed by atoms with Crippen molar-refractivity contribution in [3.05, 3.63) is 51.9 Å². The van der Waals surface area contributed by atoms with Gasteiger partial charge in [-0.1, -0.05) is 6.07 Å². The molecule has 8 nitrogen and oxygen atoms in total. The van der Waals surface area contributed by atoms with Crippen molar-refractivity contribution in [1.29, 1.82) is 0 Å². The maximum atomic E-state index is 13.2. The standard InChI is InChI=1S/C21H25N3O5/c1-27-13-10-24-20(25)8-6-16(22-24)21(26)23-9-2-4-17(23)15-5-7-18-19(14-15)29-12-3-11-28-18/h5-8,14,17H,2-4,9-13H2,1H3/t17-/m0/s1. The summed E-state index contributed by atoms with van der Waals surface area (Å²) in [4.78, 5) is 27.0. The molecular weight excluding hydrogens is 374 g/mol. The van der Waals surface area contributed by atoms with E-state index >= 15 is 0 Å². The predicted octanol–water partition coefficient (Wildman–Crippen LogP) is 2.03. The lowest BCUT2D eigenvalue weighted by atomic mass is 10.0. The van der Waals surface area contributed by atoms with Crippen LogP contribution in [-0.4, -0.2) is 54.1 Å². The van der Waals surface area contributed by atoms with E-state index in [0.717, 1.165) is 36.3 Å². The molecular formula is C21H25N3O5. The highest BCUT2D eigenvalue weighted by Gasteiger charge is 2.32. The maximum absolute atomic E-state index is 13.2. The molecule has 29 heavy (non-hydrogen) atoms. The summed E-state index contributed by atoms with van der Waals surface area (Å²) in [6, 6.07) is 8.72. The van der Waals surface area contributed by atoms with Crippen molar-refractivity contribution >= 4 is 5.91 Å². The quantitative estimate of drug-likeness (QED) is 0.765. The van der Waals surface area contributed by atoms with Gasteiger partial charge in [-0.3, -0.25) is 9.59 Å². The average Bonchev–Trinajstić information content (AvgIpc) is 3.11. The second-order valence-electron chi connectivity index (χ2n) is 7.19. The molecule has 2 aliphatic heterocycles. The highest BCUT2D eigenvalue weighted by Crippen LogP contribution is 2.38. The Morgan fingerprint density at radius 2 is 2.00 bits per heavy atom. The molecule has 3 heterocycles. The number of ether oxygens (including phenoxy) is 3. The van der Waals surface area contributed by atoms with E-state index in [2.05, 4.69) is 5.10 Å². The molecule has 1 amide bonds. The number of carbonyl (C=O) groups is 1. The van der Waals surface area contributed by atoms with E-state index in [0.29, 0.717) is 32.9 Å². The topological polar surface area (TPSA) is 82.9 Å². The number of carbonyl (C=O) groups excluding carboxylic acids is 1. The van der Waals surface area contributed by atoms with Crippen molar-refractivity contribution in [3.8, 4) is 11.5 Å². The van der Waals surface area contributed by atoms with Crippen molar-refractivity contribution in [2.24, 2.45) is 0 Å². The third kappa shape index (κ3) is 4.12. The fourth-order valence-electron chi connectivity index (χ4n) is 3.79. The number of benzene rings is 1. The number of hydrogen-bond donors (Lipinski definition) is 0. The van der Waals surface area contributed by atoms with Crippen LogP contribution in [0.4, 0.5) is 0 Å². The van der Waals surface area contributed by atoms with Gasteiger partial charge in [0.2, 0.25) is 0 Å². The van der Waals surface area contributed by atoms with E-state index < -0.39 is 0 Å². The lowest BCUT2D eigenvalue weighted by Crippen LogP contribution is -2.34. The number of methoxy groups -OCH3 is 1. The highest BCUT2D eigenvalue weighted by atomic mass is 16.5. The van der Waals surface area contributed by atoms with Gasteiger partial charge in [0.25, 0.3) is 11.5 Å². The van der Waals surface area contributed by atoms with E-state index in [9.17, 15) is 9.59 Å². The van der Waals surface area contributed by atoms with Crippen molar-refractivity contribution in [2.75, 3.05) is 33.5 Å². The number of rotatable bonds is 5. The minimum absolute atomic E-state index is 0.0548. The van der Waals surface area contributed by atoms with Crippen molar-refractivity contribution in [2.45, 2.75) is 31.8 Å². The first-order valence-corrected chi connectivity index (χ1v) is 9.95. The van der Waals surface area contributed by atoms with Gasteiger partial charge in [-0.15, -0.1) is 0 Å². The molecule has 0 saturated carbocycles. The fourth-order valence-corrected chi connectivity index (χ4v) is 3.79. The van der Waals surface area contributed by atoms with Crippen LogP contribution in [-0.2, 0) is 11.3 Å². The maximum Gasteiger partial charge on any atom is 0.274 e. The number of aromatic nitrogens is 2. The van der Waals surface area contributed by atoms with Gasteiger partial charge in [-0.25, -0.2) is 4.68 Å². The molecule has 0 aliphatic carbocycles. The molecule has 154 valence electrons. The highest BCUT2D eigenvalue weighted by molar-refractivity contribution is 5.92. The number of amides is 1. The van der Waals surface area contributed by atoms with Crippen LogP contribution in [0.5, 0.6) is 11.5 Å². The van der Waals surface area contributed by atoms with Crippen LogP contribution in [0.2, 0.25) is 0 Å². The summed E-state index contributed by atoms with van der Waals surface area (Å²) < 4.78 is 17.8. The predicted molar refractivity (Wildman–Crippen MR) is 105 cm³/mol. The third-order valence-corrected chi connectivity index (χ3v) is 5.26. The van der Waals surface area contributed by atoms with Gasteiger partial charge < -0.3 is 19.1 Å². The molecule has 1 saturated heterocycles. The Bertz CT molecular complexity index is 942. The molecule has 0 spiro atoms. The lowest BCUT2D eigenvalue weighted by molar-refractivity contribution is 0.0725. The molecule has 0 unspecified atom stereocenters. The van der Waals surface area contributed by atoms with Gasteiger partial charge in [0, 0.05) is 26.1 Å². The Kier molecular flexibility index (Phi) is 5.80. The van der Waals surface area contributed by atoms with Gasteiger partial charge in [-0.05, 0) is 36.6 Å². The van der Waals surface area contributed by atoms with E-state index in [1.54, 1.807) is 7.11 Å². The Morgan fingerprint density at radius 1 is 1.17 bits per heavy atom. The Labute approximate surface area is 169 Å². The first-order valence-electron chi connectivity index (χ1n) is 9.95. The van der Waals surface area contributed by atoms with E-state index in [1.165, 1.54) is 16.8 Å².